The molecule has 6 heteroatoms. The number of aromatic nitrogens is 2. The number of carbonyl (C=O) groups is 2. The van der Waals surface area contributed by atoms with Crippen molar-refractivity contribution in [3.63, 3.8) is 0 Å². The Balaban J connectivity index is 1.60. The smallest absolute Gasteiger partial charge is 0.250 e. The molecular formula is C18H16N4O2. The van der Waals surface area contributed by atoms with Crippen molar-refractivity contribution in [1.29, 1.82) is 0 Å². The fraction of sp³-hybridized carbons (Fsp3) is 0.167. The van der Waals surface area contributed by atoms with Crippen LogP contribution in [0.5, 0.6) is 0 Å². The van der Waals surface area contributed by atoms with E-state index in [0.29, 0.717) is 5.95 Å². The molecule has 0 saturated heterocycles. The van der Waals surface area contributed by atoms with Crippen molar-refractivity contribution >= 4 is 34.5 Å². The van der Waals surface area contributed by atoms with Crippen LogP contribution >= 0.6 is 0 Å². The third-order valence-corrected chi connectivity index (χ3v) is 4.24. The van der Waals surface area contributed by atoms with E-state index in [-0.39, 0.29) is 18.2 Å². The van der Waals surface area contributed by atoms with E-state index in [1.807, 2.05) is 55.5 Å². The number of hydrogen-bond donors (Lipinski definition) is 2. The summed E-state index contributed by atoms with van der Waals surface area (Å²) in [6.45, 7) is 1.93. The largest absolute Gasteiger partial charge is 0.326 e. The van der Waals surface area contributed by atoms with Crippen LogP contribution in [-0.2, 0) is 9.59 Å². The molecule has 1 aromatic heterocycles. The highest BCUT2D eigenvalue weighted by Gasteiger charge is 2.34. The minimum Gasteiger partial charge on any atom is -0.326 e. The van der Waals surface area contributed by atoms with Crippen LogP contribution in [0.3, 0.4) is 0 Å². The molecule has 1 unspecified atom stereocenters. The molecular weight excluding hydrogens is 304 g/mol. The number of nitrogens with zero attached hydrogens (tertiary/aromatic N) is 2. The van der Waals surface area contributed by atoms with Gasteiger partial charge in [-0.3, -0.25) is 19.5 Å². The molecule has 0 radical (unpaired) electrons. The zero-order chi connectivity index (χ0) is 16.7. The SMILES string of the molecule is Cc1ccccc1NC(=O)CC1C(=O)Nc2nc3ccccc3n21. The number of carbonyl (C=O) groups excluding carboxylic acids is 2. The predicted molar refractivity (Wildman–Crippen MR) is 91.8 cm³/mol. The number of fused-ring (bicyclic) bond motifs is 3. The number of nitrogens with one attached hydrogen (secondary N) is 2. The van der Waals surface area contributed by atoms with Gasteiger partial charge in [0.1, 0.15) is 6.04 Å². The lowest BCUT2D eigenvalue weighted by Gasteiger charge is -2.13. The lowest BCUT2D eigenvalue weighted by molar-refractivity contribution is -0.123. The van der Waals surface area contributed by atoms with Crippen LogP contribution in [0.15, 0.2) is 48.5 Å². The van der Waals surface area contributed by atoms with Crippen LogP contribution in [0.1, 0.15) is 18.0 Å². The summed E-state index contributed by atoms with van der Waals surface area (Å²) in [5, 5.41) is 5.63. The lowest BCUT2D eigenvalue weighted by atomic mass is 10.1. The van der Waals surface area contributed by atoms with Crippen molar-refractivity contribution in [1.82, 2.24) is 9.55 Å². The fourth-order valence-electron chi connectivity index (χ4n) is 3.03. The van der Waals surface area contributed by atoms with Gasteiger partial charge < -0.3 is 5.32 Å². The van der Waals surface area contributed by atoms with Gasteiger partial charge in [0.05, 0.1) is 17.5 Å². The van der Waals surface area contributed by atoms with Crippen molar-refractivity contribution in [2.45, 2.75) is 19.4 Å². The van der Waals surface area contributed by atoms with E-state index in [0.717, 1.165) is 22.3 Å². The summed E-state index contributed by atoms with van der Waals surface area (Å²) in [4.78, 5) is 29.0. The van der Waals surface area contributed by atoms with Crippen molar-refractivity contribution in [3.05, 3.63) is 54.1 Å². The Morgan fingerprint density at radius 3 is 2.79 bits per heavy atom. The van der Waals surface area contributed by atoms with Crippen LogP contribution in [0.25, 0.3) is 11.0 Å². The molecule has 0 bridgehead atoms. The van der Waals surface area contributed by atoms with Crippen molar-refractivity contribution in [2.75, 3.05) is 10.6 Å². The Hall–Kier alpha value is -3.15. The summed E-state index contributed by atoms with van der Waals surface area (Å²) in [7, 11) is 0. The molecule has 2 amide bonds. The first-order valence-electron chi connectivity index (χ1n) is 7.77. The summed E-state index contributed by atoms with van der Waals surface area (Å²) in [6.07, 6.45) is 0.0630. The van der Waals surface area contributed by atoms with E-state index in [9.17, 15) is 9.59 Å². The molecule has 4 rings (SSSR count). The number of aryl methyl sites for hydroxylation is 1. The molecule has 0 spiro atoms. The Labute approximate surface area is 138 Å². The first-order chi connectivity index (χ1) is 11.6. The number of imidazole rings is 1. The number of benzene rings is 2. The molecule has 1 aliphatic heterocycles. The van der Waals surface area contributed by atoms with E-state index in [1.54, 1.807) is 4.57 Å². The summed E-state index contributed by atoms with van der Waals surface area (Å²) in [5.74, 6) is 0.0909. The topological polar surface area (TPSA) is 76.0 Å². The molecule has 2 heterocycles. The minimum absolute atomic E-state index is 0.0630. The summed E-state index contributed by atoms with van der Waals surface area (Å²) in [6, 6.07) is 14.6. The van der Waals surface area contributed by atoms with Gasteiger partial charge in [0.25, 0.3) is 0 Å². The van der Waals surface area contributed by atoms with Crippen LogP contribution < -0.4 is 10.6 Å². The summed E-state index contributed by atoms with van der Waals surface area (Å²) < 4.78 is 1.80. The third kappa shape index (κ3) is 2.32. The average molecular weight is 320 g/mol. The Kier molecular flexibility index (Phi) is 3.30. The molecule has 120 valence electrons. The Morgan fingerprint density at radius 1 is 1.21 bits per heavy atom. The number of rotatable bonds is 3. The van der Waals surface area contributed by atoms with Crippen LogP contribution in [0, 0.1) is 6.92 Å². The molecule has 0 saturated carbocycles. The number of amides is 2. The van der Waals surface area contributed by atoms with Gasteiger partial charge in [-0.05, 0) is 30.7 Å². The van der Waals surface area contributed by atoms with Gasteiger partial charge in [0, 0.05) is 5.69 Å². The standard InChI is InChI=1S/C18H16N4O2/c1-11-6-2-3-7-12(11)19-16(23)10-15-17(24)21-18-20-13-8-4-5-9-14(13)22(15)18/h2-9,15H,10H2,1H3,(H,19,23)(H,20,21,24). The predicted octanol–water partition coefficient (Wildman–Crippen LogP) is 2.87. The second-order valence-electron chi connectivity index (χ2n) is 5.87. The van der Waals surface area contributed by atoms with Crippen LogP contribution in [0.4, 0.5) is 11.6 Å². The fourth-order valence-corrected chi connectivity index (χ4v) is 3.03. The maximum atomic E-state index is 12.4. The van der Waals surface area contributed by atoms with E-state index in [1.165, 1.54) is 0 Å². The molecule has 3 aromatic rings. The van der Waals surface area contributed by atoms with Crippen LogP contribution in [-0.4, -0.2) is 21.4 Å². The maximum absolute atomic E-state index is 12.4. The first kappa shape index (κ1) is 14.4. The number of anilines is 2. The highest BCUT2D eigenvalue weighted by Crippen LogP contribution is 2.32. The Morgan fingerprint density at radius 2 is 1.96 bits per heavy atom. The van der Waals surface area contributed by atoms with Gasteiger partial charge in [-0.25, -0.2) is 4.98 Å². The highest BCUT2D eigenvalue weighted by atomic mass is 16.2. The van der Waals surface area contributed by atoms with Gasteiger partial charge in [-0.2, -0.15) is 0 Å². The quantitative estimate of drug-likeness (QED) is 0.779. The number of hydrogen-bond acceptors (Lipinski definition) is 3. The van der Waals surface area contributed by atoms with Crippen molar-refractivity contribution in [2.24, 2.45) is 0 Å². The zero-order valence-electron chi connectivity index (χ0n) is 13.1. The van der Waals surface area contributed by atoms with Gasteiger partial charge >= 0.3 is 0 Å². The first-order valence-corrected chi connectivity index (χ1v) is 7.77. The number of para-hydroxylation sites is 3. The molecule has 0 aliphatic carbocycles. The zero-order valence-corrected chi connectivity index (χ0v) is 13.1. The lowest BCUT2D eigenvalue weighted by Crippen LogP contribution is -2.23. The van der Waals surface area contributed by atoms with Gasteiger partial charge in [0.2, 0.25) is 17.8 Å². The van der Waals surface area contributed by atoms with E-state index in [2.05, 4.69) is 15.6 Å². The minimum atomic E-state index is -0.587. The van der Waals surface area contributed by atoms with E-state index < -0.39 is 6.04 Å². The molecule has 6 nitrogen and oxygen atoms in total. The van der Waals surface area contributed by atoms with Gasteiger partial charge in [-0.1, -0.05) is 30.3 Å². The maximum Gasteiger partial charge on any atom is 0.250 e. The van der Waals surface area contributed by atoms with Crippen LogP contribution in [0.2, 0.25) is 0 Å². The van der Waals surface area contributed by atoms with E-state index in [4.69, 9.17) is 0 Å². The summed E-state index contributed by atoms with van der Waals surface area (Å²) >= 11 is 0. The molecule has 1 atom stereocenters. The molecule has 2 N–H and O–H groups in total. The Bertz CT molecular complexity index is 961. The van der Waals surface area contributed by atoms with Crippen molar-refractivity contribution in [3.8, 4) is 0 Å². The second kappa shape index (κ2) is 5.49. The summed E-state index contributed by atoms with van der Waals surface area (Å²) in [5.41, 5.74) is 3.39. The van der Waals surface area contributed by atoms with Gasteiger partial charge in [0.15, 0.2) is 0 Å². The normalized spacial score (nSPS) is 16.0. The molecule has 24 heavy (non-hydrogen) atoms. The highest BCUT2D eigenvalue weighted by molar-refractivity contribution is 6.03. The third-order valence-electron chi connectivity index (χ3n) is 4.24. The second-order valence-corrected chi connectivity index (χ2v) is 5.87. The molecule has 2 aromatic carbocycles. The average Bonchev–Trinajstić information content (AvgIpc) is 3.06. The monoisotopic (exact) mass is 320 g/mol. The van der Waals surface area contributed by atoms with Gasteiger partial charge in [-0.15, -0.1) is 0 Å². The molecule has 1 aliphatic rings. The van der Waals surface area contributed by atoms with Crippen molar-refractivity contribution < 1.29 is 9.59 Å². The molecule has 0 fully saturated rings. The van der Waals surface area contributed by atoms with E-state index >= 15 is 0 Å².